The van der Waals surface area contributed by atoms with Crippen LogP contribution in [0, 0.1) is 5.92 Å². The van der Waals surface area contributed by atoms with Crippen molar-refractivity contribution in [1.82, 2.24) is 0 Å². The summed E-state index contributed by atoms with van der Waals surface area (Å²) in [5.41, 5.74) is 0. The summed E-state index contributed by atoms with van der Waals surface area (Å²) in [6, 6.07) is 7.15. The first-order chi connectivity index (χ1) is 7.15. The van der Waals surface area contributed by atoms with Crippen molar-refractivity contribution in [1.29, 1.82) is 0 Å². The molecular formula is C12H15ClO2. The molecular weight excluding hydrogens is 212 g/mol. The molecule has 0 amide bonds. The van der Waals surface area contributed by atoms with Crippen molar-refractivity contribution < 1.29 is 9.53 Å². The number of carbonyl (C=O) groups is 1. The Labute approximate surface area is 95.2 Å². The number of Topliss-reactive ketones (excluding diaryl/α,β-unsaturated/α-hetero) is 1. The molecule has 0 aromatic heterocycles. The van der Waals surface area contributed by atoms with Crippen LogP contribution in [0.1, 0.15) is 20.3 Å². The second-order valence-corrected chi connectivity index (χ2v) is 3.90. The van der Waals surface area contributed by atoms with Crippen LogP contribution < -0.4 is 4.74 Å². The SMILES string of the molecule is CCC(C)C(=O)COc1ccccc1Cl. The molecule has 0 aliphatic heterocycles. The highest BCUT2D eigenvalue weighted by atomic mass is 35.5. The molecule has 0 aliphatic carbocycles. The quantitative estimate of drug-likeness (QED) is 0.770. The Morgan fingerprint density at radius 3 is 2.73 bits per heavy atom. The van der Waals surface area contributed by atoms with Crippen molar-refractivity contribution in [2.45, 2.75) is 20.3 Å². The van der Waals surface area contributed by atoms with Crippen LogP contribution in [0.4, 0.5) is 0 Å². The molecule has 0 spiro atoms. The van der Waals surface area contributed by atoms with Gasteiger partial charge in [-0.2, -0.15) is 0 Å². The summed E-state index contributed by atoms with van der Waals surface area (Å²) in [4.78, 5) is 11.5. The minimum absolute atomic E-state index is 0.0486. The predicted molar refractivity (Wildman–Crippen MR) is 61.4 cm³/mol. The van der Waals surface area contributed by atoms with E-state index in [1.54, 1.807) is 12.1 Å². The monoisotopic (exact) mass is 226 g/mol. The fraction of sp³-hybridized carbons (Fsp3) is 0.417. The predicted octanol–water partition coefficient (Wildman–Crippen LogP) is 3.33. The highest BCUT2D eigenvalue weighted by Crippen LogP contribution is 2.23. The summed E-state index contributed by atoms with van der Waals surface area (Å²) >= 11 is 5.88. The van der Waals surface area contributed by atoms with Gasteiger partial charge >= 0.3 is 0 Å². The first kappa shape index (κ1) is 12.1. The van der Waals surface area contributed by atoms with Crippen LogP contribution in [0.5, 0.6) is 5.75 Å². The lowest BCUT2D eigenvalue weighted by Crippen LogP contribution is -2.18. The molecule has 1 atom stereocenters. The lowest BCUT2D eigenvalue weighted by Gasteiger charge is -2.10. The van der Waals surface area contributed by atoms with Gasteiger partial charge in [0.15, 0.2) is 5.78 Å². The molecule has 15 heavy (non-hydrogen) atoms. The molecule has 0 fully saturated rings. The number of benzene rings is 1. The third kappa shape index (κ3) is 3.56. The second kappa shape index (κ2) is 5.76. The standard InChI is InChI=1S/C12H15ClO2/c1-3-9(2)11(14)8-15-12-7-5-4-6-10(12)13/h4-7,9H,3,8H2,1-2H3. The van der Waals surface area contributed by atoms with Gasteiger partial charge in [-0.15, -0.1) is 0 Å². The average molecular weight is 227 g/mol. The van der Waals surface area contributed by atoms with E-state index in [-0.39, 0.29) is 18.3 Å². The Morgan fingerprint density at radius 1 is 1.47 bits per heavy atom. The number of rotatable bonds is 5. The third-order valence-corrected chi connectivity index (χ3v) is 2.68. The van der Waals surface area contributed by atoms with Gasteiger partial charge in [0.25, 0.3) is 0 Å². The van der Waals surface area contributed by atoms with E-state index < -0.39 is 0 Å². The van der Waals surface area contributed by atoms with E-state index in [2.05, 4.69) is 0 Å². The van der Waals surface area contributed by atoms with Gasteiger partial charge in [0.1, 0.15) is 12.4 Å². The van der Waals surface area contributed by atoms with Crippen LogP contribution in [0.3, 0.4) is 0 Å². The second-order valence-electron chi connectivity index (χ2n) is 3.49. The van der Waals surface area contributed by atoms with E-state index in [0.29, 0.717) is 10.8 Å². The largest absolute Gasteiger partial charge is 0.484 e. The molecule has 1 aromatic rings. The molecule has 1 unspecified atom stereocenters. The molecule has 0 N–H and O–H groups in total. The number of para-hydroxylation sites is 1. The first-order valence-corrected chi connectivity index (χ1v) is 5.43. The molecule has 0 aliphatic rings. The normalized spacial score (nSPS) is 12.2. The summed E-state index contributed by atoms with van der Waals surface area (Å²) in [7, 11) is 0. The minimum atomic E-state index is 0.0486. The third-order valence-electron chi connectivity index (χ3n) is 2.37. The van der Waals surface area contributed by atoms with E-state index in [9.17, 15) is 4.79 Å². The highest BCUT2D eigenvalue weighted by molar-refractivity contribution is 6.32. The zero-order valence-corrected chi connectivity index (χ0v) is 9.75. The lowest BCUT2D eigenvalue weighted by molar-refractivity contribution is -0.124. The molecule has 0 saturated carbocycles. The van der Waals surface area contributed by atoms with E-state index >= 15 is 0 Å². The maximum absolute atomic E-state index is 11.5. The number of carbonyl (C=O) groups excluding carboxylic acids is 1. The van der Waals surface area contributed by atoms with Crippen molar-refractivity contribution in [2.75, 3.05) is 6.61 Å². The van der Waals surface area contributed by atoms with Gasteiger partial charge in [-0.05, 0) is 18.6 Å². The van der Waals surface area contributed by atoms with Gasteiger partial charge < -0.3 is 4.74 Å². The molecule has 82 valence electrons. The van der Waals surface area contributed by atoms with Crippen LogP contribution in [-0.4, -0.2) is 12.4 Å². The number of hydrogen-bond acceptors (Lipinski definition) is 2. The fourth-order valence-corrected chi connectivity index (χ4v) is 1.27. The maximum atomic E-state index is 11.5. The van der Waals surface area contributed by atoms with Crippen LogP contribution in [0.15, 0.2) is 24.3 Å². The molecule has 1 aromatic carbocycles. The van der Waals surface area contributed by atoms with Crippen LogP contribution in [0.25, 0.3) is 0 Å². The van der Waals surface area contributed by atoms with Gasteiger partial charge in [-0.3, -0.25) is 4.79 Å². The minimum Gasteiger partial charge on any atom is -0.484 e. The van der Waals surface area contributed by atoms with Gasteiger partial charge in [0.2, 0.25) is 0 Å². The highest BCUT2D eigenvalue weighted by Gasteiger charge is 2.11. The Balaban J connectivity index is 2.51. The molecule has 0 bridgehead atoms. The molecule has 1 rings (SSSR count). The Hall–Kier alpha value is -1.02. The smallest absolute Gasteiger partial charge is 0.172 e. The lowest BCUT2D eigenvalue weighted by atomic mass is 10.1. The van der Waals surface area contributed by atoms with E-state index in [4.69, 9.17) is 16.3 Å². The Morgan fingerprint density at radius 2 is 2.13 bits per heavy atom. The topological polar surface area (TPSA) is 26.3 Å². The summed E-state index contributed by atoms with van der Waals surface area (Å²) in [5, 5.41) is 0.537. The van der Waals surface area contributed by atoms with Crippen molar-refractivity contribution in [3.05, 3.63) is 29.3 Å². The van der Waals surface area contributed by atoms with Crippen molar-refractivity contribution in [2.24, 2.45) is 5.92 Å². The van der Waals surface area contributed by atoms with Crippen LogP contribution >= 0.6 is 11.6 Å². The number of halogens is 1. The van der Waals surface area contributed by atoms with E-state index in [1.165, 1.54) is 0 Å². The van der Waals surface area contributed by atoms with E-state index in [1.807, 2.05) is 26.0 Å². The van der Waals surface area contributed by atoms with Gasteiger partial charge in [-0.1, -0.05) is 37.6 Å². The van der Waals surface area contributed by atoms with E-state index in [0.717, 1.165) is 6.42 Å². The van der Waals surface area contributed by atoms with Gasteiger partial charge in [-0.25, -0.2) is 0 Å². The first-order valence-electron chi connectivity index (χ1n) is 5.05. The molecule has 0 saturated heterocycles. The Bertz CT molecular complexity index is 336. The summed E-state index contributed by atoms with van der Waals surface area (Å²) in [5.74, 6) is 0.723. The average Bonchev–Trinajstić information content (AvgIpc) is 2.26. The van der Waals surface area contributed by atoms with Crippen molar-refractivity contribution in [3.8, 4) is 5.75 Å². The van der Waals surface area contributed by atoms with Gasteiger partial charge in [0, 0.05) is 5.92 Å². The van der Waals surface area contributed by atoms with Crippen LogP contribution in [0.2, 0.25) is 5.02 Å². The van der Waals surface area contributed by atoms with Crippen LogP contribution in [-0.2, 0) is 4.79 Å². The summed E-state index contributed by atoms with van der Waals surface area (Å²) < 4.78 is 5.34. The Kier molecular flexibility index (Phi) is 4.63. The molecule has 0 heterocycles. The summed E-state index contributed by atoms with van der Waals surface area (Å²) in [6.07, 6.45) is 0.838. The maximum Gasteiger partial charge on any atom is 0.172 e. The molecule has 2 nitrogen and oxygen atoms in total. The van der Waals surface area contributed by atoms with Crippen molar-refractivity contribution in [3.63, 3.8) is 0 Å². The zero-order chi connectivity index (χ0) is 11.3. The number of ketones is 1. The van der Waals surface area contributed by atoms with Gasteiger partial charge in [0.05, 0.1) is 5.02 Å². The number of hydrogen-bond donors (Lipinski definition) is 0. The molecule has 0 radical (unpaired) electrons. The summed E-state index contributed by atoms with van der Waals surface area (Å²) in [6.45, 7) is 3.98. The number of ether oxygens (including phenoxy) is 1. The van der Waals surface area contributed by atoms with Crippen molar-refractivity contribution >= 4 is 17.4 Å². The molecule has 3 heteroatoms. The fourth-order valence-electron chi connectivity index (χ4n) is 1.08. The zero-order valence-electron chi connectivity index (χ0n) is 9.00.